The van der Waals surface area contributed by atoms with Gasteiger partial charge in [-0.05, 0) is 34.0 Å². The SMILES string of the molecule is CC(CO)CNCc1nnc(-c2ccccc2Br)o1. The van der Waals surface area contributed by atoms with Crippen molar-refractivity contribution < 1.29 is 9.52 Å². The van der Waals surface area contributed by atoms with Crippen LogP contribution in [0.1, 0.15) is 12.8 Å². The van der Waals surface area contributed by atoms with Crippen LogP contribution in [0.2, 0.25) is 0 Å². The molecule has 19 heavy (non-hydrogen) atoms. The van der Waals surface area contributed by atoms with Crippen molar-refractivity contribution in [2.45, 2.75) is 13.5 Å². The van der Waals surface area contributed by atoms with E-state index in [0.717, 1.165) is 10.0 Å². The number of aliphatic hydroxyl groups excluding tert-OH is 1. The van der Waals surface area contributed by atoms with Gasteiger partial charge in [0, 0.05) is 17.6 Å². The van der Waals surface area contributed by atoms with Crippen molar-refractivity contribution in [1.82, 2.24) is 15.5 Å². The Bertz CT molecular complexity index is 530. The van der Waals surface area contributed by atoms with Gasteiger partial charge in [-0.15, -0.1) is 10.2 Å². The van der Waals surface area contributed by atoms with Crippen LogP contribution in [0.4, 0.5) is 0 Å². The maximum absolute atomic E-state index is 8.92. The summed E-state index contributed by atoms with van der Waals surface area (Å²) in [5, 5.41) is 20.1. The predicted molar refractivity (Wildman–Crippen MR) is 75.4 cm³/mol. The van der Waals surface area contributed by atoms with E-state index in [4.69, 9.17) is 9.52 Å². The first-order valence-corrected chi connectivity index (χ1v) is 6.89. The Balaban J connectivity index is 1.98. The molecule has 0 aliphatic carbocycles. The lowest BCUT2D eigenvalue weighted by molar-refractivity contribution is 0.232. The van der Waals surface area contributed by atoms with Crippen LogP contribution in [0.15, 0.2) is 33.2 Å². The third-order valence-corrected chi connectivity index (χ3v) is 3.34. The molecule has 0 saturated heterocycles. The summed E-state index contributed by atoms with van der Waals surface area (Å²) in [5.74, 6) is 1.25. The van der Waals surface area contributed by atoms with E-state index in [9.17, 15) is 0 Å². The van der Waals surface area contributed by atoms with Crippen LogP contribution in [-0.4, -0.2) is 28.5 Å². The average molecular weight is 326 g/mol. The zero-order valence-electron chi connectivity index (χ0n) is 10.6. The molecule has 0 fully saturated rings. The highest BCUT2D eigenvalue weighted by Crippen LogP contribution is 2.26. The minimum Gasteiger partial charge on any atom is -0.419 e. The third-order valence-electron chi connectivity index (χ3n) is 2.65. The molecule has 0 saturated carbocycles. The lowest BCUT2D eigenvalue weighted by Crippen LogP contribution is -2.22. The third kappa shape index (κ3) is 3.86. The normalized spacial score (nSPS) is 12.6. The fraction of sp³-hybridized carbons (Fsp3) is 0.385. The maximum Gasteiger partial charge on any atom is 0.248 e. The van der Waals surface area contributed by atoms with E-state index in [0.29, 0.717) is 24.9 Å². The predicted octanol–water partition coefficient (Wildman–Crippen LogP) is 2.22. The second-order valence-corrected chi connectivity index (χ2v) is 5.25. The van der Waals surface area contributed by atoms with Crippen LogP contribution in [0, 0.1) is 5.92 Å². The van der Waals surface area contributed by atoms with Gasteiger partial charge < -0.3 is 14.8 Å². The van der Waals surface area contributed by atoms with Crippen molar-refractivity contribution >= 4 is 15.9 Å². The molecule has 1 aromatic carbocycles. The molecular formula is C13H16BrN3O2. The summed E-state index contributed by atoms with van der Waals surface area (Å²) in [4.78, 5) is 0. The van der Waals surface area contributed by atoms with Crippen LogP contribution in [0.3, 0.4) is 0 Å². The molecule has 1 heterocycles. The summed E-state index contributed by atoms with van der Waals surface area (Å²) in [5.41, 5.74) is 0.880. The Kier molecular flexibility index (Phi) is 5.07. The zero-order chi connectivity index (χ0) is 13.7. The van der Waals surface area contributed by atoms with E-state index >= 15 is 0 Å². The van der Waals surface area contributed by atoms with Crippen molar-refractivity contribution in [2.75, 3.05) is 13.2 Å². The van der Waals surface area contributed by atoms with Gasteiger partial charge >= 0.3 is 0 Å². The molecule has 0 aliphatic rings. The number of nitrogens with zero attached hydrogens (tertiary/aromatic N) is 2. The van der Waals surface area contributed by atoms with E-state index in [2.05, 4.69) is 31.4 Å². The fourth-order valence-corrected chi connectivity index (χ4v) is 2.01. The molecule has 1 atom stereocenters. The Morgan fingerprint density at radius 3 is 2.89 bits per heavy atom. The number of rotatable bonds is 6. The average Bonchev–Trinajstić information content (AvgIpc) is 2.87. The van der Waals surface area contributed by atoms with E-state index in [-0.39, 0.29) is 12.5 Å². The van der Waals surface area contributed by atoms with Crippen molar-refractivity contribution in [1.29, 1.82) is 0 Å². The molecule has 2 rings (SSSR count). The largest absolute Gasteiger partial charge is 0.419 e. The molecule has 0 aliphatic heterocycles. The summed E-state index contributed by atoms with van der Waals surface area (Å²) in [6.07, 6.45) is 0. The fourth-order valence-electron chi connectivity index (χ4n) is 1.56. The van der Waals surface area contributed by atoms with Gasteiger partial charge in [-0.25, -0.2) is 0 Å². The molecule has 1 unspecified atom stereocenters. The van der Waals surface area contributed by atoms with Gasteiger partial charge in [0.05, 0.1) is 12.1 Å². The van der Waals surface area contributed by atoms with E-state index in [1.165, 1.54) is 0 Å². The van der Waals surface area contributed by atoms with Crippen molar-refractivity contribution in [3.05, 3.63) is 34.6 Å². The highest BCUT2D eigenvalue weighted by molar-refractivity contribution is 9.10. The van der Waals surface area contributed by atoms with Crippen LogP contribution >= 0.6 is 15.9 Å². The minimum absolute atomic E-state index is 0.166. The standard InChI is InChI=1S/C13H16BrN3O2/c1-9(8-18)6-15-7-12-16-17-13(19-12)10-4-2-3-5-11(10)14/h2-5,9,15,18H,6-8H2,1H3. The summed E-state index contributed by atoms with van der Waals surface area (Å²) < 4.78 is 6.51. The number of benzene rings is 1. The lowest BCUT2D eigenvalue weighted by Gasteiger charge is -2.06. The van der Waals surface area contributed by atoms with Crippen molar-refractivity contribution in [2.24, 2.45) is 5.92 Å². The number of halogens is 1. The summed E-state index contributed by atoms with van der Waals surface area (Å²) in [7, 11) is 0. The van der Waals surface area contributed by atoms with E-state index in [1.807, 2.05) is 31.2 Å². The van der Waals surface area contributed by atoms with Crippen molar-refractivity contribution in [3.8, 4) is 11.5 Å². The molecule has 1 aromatic heterocycles. The Labute approximate surface area is 120 Å². The number of aromatic nitrogens is 2. The van der Waals surface area contributed by atoms with Gasteiger partial charge in [-0.2, -0.15) is 0 Å². The molecule has 102 valence electrons. The molecule has 5 nitrogen and oxygen atoms in total. The van der Waals surface area contributed by atoms with E-state index in [1.54, 1.807) is 0 Å². The zero-order valence-corrected chi connectivity index (χ0v) is 12.2. The molecule has 0 radical (unpaired) electrons. The topological polar surface area (TPSA) is 71.2 Å². The van der Waals surface area contributed by atoms with Gasteiger partial charge in [0.2, 0.25) is 11.8 Å². The van der Waals surface area contributed by atoms with Gasteiger partial charge in [-0.1, -0.05) is 19.1 Å². The van der Waals surface area contributed by atoms with Crippen LogP contribution in [-0.2, 0) is 6.54 Å². The second-order valence-electron chi connectivity index (χ2n) is 4.40. The Hall–Kier alpha value is -1.24. The first-order valence-electron chi connectivity index (χ1n) is 6.09. The smallest absolute Gasteiger partial charge is 0.248 e. The molecule has 0 bridgehead atoms. The molecule has 2 N–H and O–H groups in total. The highest BCUT2D eigenvalue weighted by Gasteiger charge is 2.11. The quantitative estimate of drug-likeness (QED) is 0.852. The van der Waals surface area contributed by atoms with Gasteiger partial charge in [-0.3, -0.25) is 0 Å². The van der Waals surface area contributed by atoms with Gasteiger partial charge in [0.15, 0.2) is 0 Å². The molecule has 0 spiro atoms. The summed E-state index contributed by atoms with van der Waals surface area (Å²) >= 11 is 3.45. The second kappa shape index (κ2) is 6.79. The maximum atomic E-state index is 8.92. The van der Waals surface area contributed by atoms with Crippen LogP contribution in [0.25, 0.3) is 11.5 Å². The van der Waals surface area contributed by atoms with Gasteiger partial charge in [0.25, 0.3) is 0 Å². The van der Waals surface area contributed by atoms with Crippen LogP contribution in [0.5, 0.6) is 0 Å². The van der Waals surface area contributed by atoms with Crippen molar-refractivity contribution in [3.63, 3.8) is 0 Å². The number of hydrogen-bond donors (Lipinski definition) is 2. The highest BCUT2D eigenvalue weighted by atomic mass is 79.9. The summed E-state index contributed by atoms with van der Waals surface area (Å²) in [6.45, 7) is 3.34. The number of aliphatic hydroxyl groups is 1. The molecular weight excluding hydrogens is 310 g/mol. The van der Waals surface area contributed by atoms with Gasteiger partial charge in [0.1, 0.15) is 0 Å². The first kappa shape index (κ1) is 14.2. The van der Waals surface area contributed by atoms with Crippen LogP contribution < -0.4 is 5.32 Å². The minimum atomic E-state index is 0.166. The number of nitrogens with one attached hydrogen (secondary N) is 1. The first-order chi connectivity index (χ1) is 9.20. The lowest BCUT2D eigenvalue weighted by atomic mass is 10.2. The summed E-state index contributed by atoms with van der Waals surface area (Å²) in [6, 6.07) is 7.71. The molecule has 0 amide bonds. The molecule has 6 heteroatoms. The Morgan fingerprint density at radius 2 is 2.16 bits per heavy atom. The number of hydrogen-bond acceptors (Lipinski definition) is 5. The Morgan fingerprint density at radius 1 is 1.37 bits per heavy atom. The monoisotopic (exact) mass is 325 g/mol. The molecule has 2 aromatic rings. The van der Waals surface area contributed by atoms with E-state index < -0.39 is 0 Å².